The Balaban J connectivity index is 2.23. The van der Waals surface area contributed by atoms with Crippen LogP contribution in [-0.4, -0.2) is 13.6 Å². The predicted molar refractivity (Wildman–Crippen MR) is 87.3 cm³/mol. The van der Waals surface area contributed by atoms with Crippen LogP contribution >= 0.6 is 11.6 Å². The van der Waals surface area contributed by atoms with Gasteiger partial charge in [0.1, 0.15) is 5.82 Å². The van der Waals surface area contributed by atoms with Crippen LogP contribution in [0.3, 0.4) is 0 Å². The molecule has 0 heterocycles. The average molecular weight is 307 g/mol. The largest absolute Gasteiger partial charge is 0.368 e. The number of benzene rings is 2. The van der Waals surface area contributed by atoms with E-state index in [4.69, 9.17) is 11.6 Å². The van der Waals surface area contributed by atoms with Gasteiger partial charge in [-0.25, -0.2) is 4.39 Å². The zero-order chi connectivity index (χ0) is 15.2. The molecule has 21 heavy (non-hydrogen) atoms. The Bertz CT molecular complexity index is 601. The minimum absolute atomic E-state index is 0.199. The Morgan fingerprint density at radius 3 is 2.67 bits per heavy atom. The highest BCUT2D eigenvalue weighted by Gasteiger charge is 2.13. The second-order valence-corrected chi connectivity index (χ2v) is 5.45. The maximum Gasteiger partial charge on any atom is 0.146 e. The number of nitrogens with one attached hydrogen (secondary N) is 1. The molecular weight excluding hydrogens is 287 g/mol. The van der Waals surface area contributed by atoms with Gasteiger partial charge in [0.05, 0.1) is 5.69 Å². The number of rotatable bonds is 6. The van der Waals surface area contributed by atoms with Gasteiger partial charge in [-0.1, -0.05) is 42.8 Å². The van der Waals surface area contributed by atoms with Crippen LogP contribution in [0, 0.1) is 5.82 Å². The van der Waals surface area contributed by atoms with Crippen LogP contribution in [0.4, 0.5) is 10.1 Å². The lowest BCUT2D eigenvalue weighted by atomic mass is 10.1. The van der Waals surface area contributed by atoms with E-state index in [9.17, 15) is 4.39 Å². The second kappa shape index (κ2) is 7.43. The lowest BCUT2D eigenvalue weighted by Gasteiger charge is -2.23. The summed E-state index contributed by atoms with van der Waals surface area (Å²) in [4.78, 5) is 1.92. The minimum Gasteiger partial charge on any atom is -0.368 e. The van der Waals surface area contributed by atoms with Crippen LogP contribution in [0.15, 0.2) is 42.5 Å². The van der Waals surface area contributed by atoms with Gasteiger partial charge in [-0.15, -0.1) is 0 Å². The van der Waals surface area contributed by atoms with Crippen molar-refractivity contribution >= 4 is 17.3 Å². The molecule has 0 amide bonds. The molecule has 0 aromatic heterocycles. The monoisotopic (exact) mass is 306 g/mol. The molecule has 2 nitrogen and oxygen atoms in total. The minimum atomic E-state index is -0.199. The number of para-hydroxylation sites is 1. The highest BCUT2D eigenvalue weighted by Crippen LogP contribution is 2.25. The summed E-state index contributed by atoms with van der Waals surface area (Å²) in [5.74, 6) is -0.199. The van der Waals surface area contributed by atoms with E-state index in [1.165, 1.54) is 6.07 Å². The van der Waals surface area contributed by atoms with Crippen LogP contribution < -0.4 is 10.2 Å². The molecule has 0 saturated carbocycles. The summed E-state index contributed by atoms with van der Waals surface area (Å²) in [6.07, 6.45) is 0. The maximum atomic E-state index is 14.2. The maximum absolute atomic E-state index is 14.2. The van der Waals surface area contributed by atoms with Gasteiger partial charge in [0, 0.05) is 25.2 Å². The van der Waals surface area contributed by atoms with Crippen LogP contribution in [0.25, 0.3) is 0 Å². The van der Waals surface area contributed by atoms with Crippen LogP contribution in [-0.2, 0) is 13.1 Å². The van der Waals surface area contributed by atoms with Gasteiger partial charge < -0.3 is 10.2 Å². The molecule has 2 rings (SSSR count). The van der Waals surface area contributed by atoms with Gasteiger partial charge in [-0.2, -0.15) is 0 Å². The Hall–Kier alpha value is -1.58. The summed E-state index contributed by atoms with van der Waals surface area (Å²) in [6, 6.07) is 12.8. The smallest absolute Gasteiger partial charge is 0.146 e. The average Bonchev–Trinajstić information content (AvgIpc) is 2.45. The summed E-state index contributed by atoms with van der Waals surface area (Å²) in [6.45, 7) is 4.16. The first-order valence-corrected chi connectivity index (χ1v) is 7.43. The highest BCUT2D eigenvalue weighted by atomic mass is 35.5. The Kier molecular flexibility index (Phi) is 5.59. The standard InChI is InChI=1S/C17H20ClFN2/c1-3-20-11-14-7-5-9-16(19)17(14)21(2)12-13-6-4-8-15(18)10-13/h4-10,20H,3,11-12H2,1-2H3. The molecule has 0 aliphatic rings. The molecule has 0 fully saturated rings. The van der Waals surface area contributed by atoms with Crippen molar-refractivity contribution in [2.75, 3.05) is 18.5 Å². The van der Waals surface area contributed by atoms with Crippen LogP contribution in [0.2, 0.25) is 5.02 Å². The molecule has 0 saturated heterocycles. The molecular formula is C17H20ClFN2. The fraction of sp³-hybridized carbons (Fsp3) is 0.294. The first-order chi connectivity index (χ1) is 10.1. The van der Waals surface area contributed by atoms with Gasteiger partial charge in [0.15, 0.2) is 0 Å². The number of anilines is 1. The molecule has 2 aromatic rings. The molecule has 0 aliphatic carbocycles. The number of nitrogens with zero attached hydrogens (tertiary/aromatic N) is 1. The van der Waals surface area contributed by atoms with Crippen molar-refractivity contribution in [1.82, 2.24) is 5.32 Å². The van der Waals surface area contributed by atoms with E-state index in [2.05, 4.69) is 5.32 Å². The Labute approximate surface area is 130 Å². The summed E-state index contributed by atoms with van der Waals surface area (Å²) in [5, 5.41) is 3.94. The fourth-order valence-electron chi connectivity index (χ4n) is 2.38. The van der Waals surface area contributed by atoms with E-state index in [-0.39, 0.29) is 5.82 Å². The van der Waals surface area contributed by atoms with Crippen molar-refractivity contribution in [2.24, 2.45) is 0 Å². The van der Waals surface area contributed by atoms with Gasteiger partial charge in [-0.3, -0.25) is 0 Å². The summed E-state index contributed by atoms with van der Waals surface area (Å²) in [7, 11) is 1.90. The van der Waals surface area contributed by atoms with E-state index in [0.29, 0.717) is 23.8 Å². The molecule has 0 spiro atoms. The molecule has 1 N–H and O–H groups in total. The number of hydrogen-bond donors (Lipinski definition) is 1. The molecule has 0 bridgehead atoms. The van der Waals surface area contributed by atoms with E-state index in [1.54, 1.807) is 6.07 Å². The molecule has 4 heteroatoms. The molecule has 0 unspecified atom stereocenters. The van der Waals surface area contributed by atoms with Crippen molar-refractivity contribution in [3.05, 3.63) is 64.4 Å². The van der Waals surface area contributed by atoms with Gasteiger partial charge in [0.2, 0.25) is 0 Å². The van der Waals surface area contributed by atoms with Gasteiger partial charge in [0.25, 0.3) is 0 Å². The summed E-state index contributed by atoms with van der Waals surface area (Å²) < 4.78 is 14.2. The van der Waals surface area contributed by atoms with E-state index >= 15 is 0 Å². The number of hydrogen-bond acceptors (Lipinski definition) is 2. The molecule has 2 aromatic carbocycles. The topological polar surface area (TPSA) is 15.3 Å². The van der Waals surface area contributed by atoms with Gasteiger partial charge >= 0.3 is 0 Å². The molecule has 0 atom stereocenters. The Morgan fingerprint density at radius 1 is 1.19 bits per heavy atom. The van der Waals surface area contributed by atoms with E-state index < -0.39 is 0 Å². The zero-order valence-electron chi connectivity index (χ0n) is 12.4. The second-order valence-electron chi connectivity index (χ2n) is 5.01. The molecule has 0 aliphatic heterocycles. The third kappa shape index (κ3) is 4.19. The van der Waals surface area contributed by atoms with E-state index in [0.717, 1.165) is 17.7 Å². The van der Waals surface area contributed by atoms with Crippen LogP contribution in [0.5, 0.6) is 0 Å². The SMILES string of the molecule is CCNCc1cccc(F)c1N(C)Cc1cccc(Cl)c1. The first kappa shape index (κ1) is 15.8. The first-order valence-electron chi connectivity index (χ1n) is 7.05. The molecule has 112 valence electrons. The number of halogens is 2. The predicted octanol–water partition coefficient (Wildman–Crippen LogP) is 4.23. The van der Waals surface area contributed by atoms with E-state index in [1.807, 2.05) is 49.2 Å². The fourth-order valence-corrected chi connectivity index (χ4v) is 2.59. The third-order valence-electron chi connectivity index (χ3n) is 3.33. The Morgan fingerprint density at radius 2 is 1.95 bits per heavy atom. The van der Waals surface area contributed by atoms with Crippen molar-refractivity contribution in [2.45, 2.75) is 20.0 Å². The van der Waals surface area contributed by atoms with Gasteiger partial charge in [-0.05, 0) is 35.9 Å². The van der Waals surface area contributed by atoms with Crippen molar-refractivity contribution in [3.8, 4) is 0 Å². The van der Waals surface area contributed by atoms with Crippen molar-refractivity contribution < 1.29 is 4.39 Å². The van der Waals surface area contributed by atoms with Crippen molar-refractivity contribution in [1.29, 1.82) is 0 Å². The van der Waals surface area contributed by atoms with Crippen LogP contribution in [0.1, 0.15) is 18.1 Å². The summed E-state index contributed by atoms with van der Waals surface area (Å²) >= 11 is 6.00. The molecule has 0 radical (unpaired) electrons. The quantitative estimate of drug-likeness (QED) is 0.859. The lowest BCUT2D eigenvalue weighted by Crippen LogP contribution is -2.22. The normalized spacial score (nSPS) is 10.7. The third-order valence-corrected chi connectivity index (χ3v) is 3.56. The van der Waals surface area contributed by atoms with Crippen molar-refractivity contribution in [3.63, 3.8) is 0 Å². The zero-order valence-corrected chi connectivity index (χ0v) is 13.1. The highest BCUT2D eigenvalue weighted by molar-refractivity contribution is 6.30. The lowest BCUT2D eigenvalue weighted by molar-refractivity contribution is 0.615. The summed E-state index contributed by atoms with van der Waals surface area (Å²) in [5.41, 5.74) is 2.66.